The molecule has 2 N–H and O–H groups in total. The van der Waals surface area contributed by atoms with Crippen molar-refractivity contribution < 1.29 is 9.90 Å². The number of aromatic nitrogens is 2. The number of anilines is 1. The van der Waals surface area contributed by atoms with Crippen molar-refractivity contribution in [3.63, 3.8) is 0 Å². The SMILES string of the molecule is O=C(O)C=Cc1cnc(NC2CCN(Cc3ccccn3)CC2)c(Cl)c1. The van der Waals surface area contributed by atoms with Crippen molar-refractivity contribution >= 4 is 29.5 Å². The molecule has 1 saturated heterocycles. The van der Waals surface area contributed by atoms with Crippen LogP contribution in [0.4, 0.5) is 5.82 Å². The van der Waals surface area contributed by atoms with Gasteiger partial charge in [0.1, 0.15) is 5.82 Å². The average Bonchev–Trinajstić information content (AvgIpc) is 2.64. The van der Waals surface area contributed by atoms with Crippen LogP contribution in [0.3, 0.4) is 0 Å². The number of carboxylic acid groups (broad SMARTS) is 1. The zero-order valence-electron chi connectivity index (χ0n) is 14.3. The second kappa shape index (κ2) is 8.78. The number of nitrogens with zero attached hydrogens (tertiary/aromatic N) is 3. The molecule has 6 nitrogen and oxygen atoms in total. The Morgan fingerprint density at radius 3 is 2.81 bits per heavy atom. The topological polar surface area (TPSA) is 78.3 Å². The van der Waals surface area contributed by atoms with Gasteiger partial charge in [-0.2, -0.15) is 0 Å². The Hall–Kier alpha value is -2.44. The number of rotatable bonds is 6. The molecule has 0 spiro atoms. The van der Waals surface area contributed by atoms with Gasteiger partial charge >= 0.3 is 5.97 Å². The summed E-state index contributed by atoms with van der Waals surface area (Å²) in [4.78, 5) is 21.7. The first-order chi connectivity index (χ1) is 12.6. The Bertz CT molecular complexity index is 774. The molecule has 0 bridgehead atoms. The molecule has 7 heteroatoms. The van der Waals surface area contributed by atoms with Crippen LogP contribution in [-0.4, -0.2) is 45.1 Å². The van der Waals surface area contributed by atoms with E-state index in [1.54, 1.807) is 12.3 Å². The Labute approximate surface area is 157 Å². The van der Waals surface area contributed by atoms with Crippen molar-refractivity contribution in [3.05, 3.63) is 59.0 Å². The Morgan fingerprint density at radius 1 is 1.35 bits per heavy atom. The Balaban J connectivity index is 1.52. The lowest BCUT2D eigenvalue weighted by atomic mass is 10.0. The molecule has 0 amide bonds. The van der Waals surface area contributed by atoms with E-state index in [-0.39, 0.29) is 0 Å². The summed E-state index contributed by atoms with van der Waals surface area (Å²) in [6.07, 6.45) is 7.99. The molecule has 0 unspecified atom stereocenters. The van der Waals surface area contributed by atoms with E-state index in [4.69, 9.17) is 16.7 Å². The van der Waals surface area contributed by atoms with E-state index in [0.29, 0.717) is 22.4 Å². The first-order valence-electron chi connectivity index (χ1n) is 8.55. The maximum absolute atomic E-state index is 10.6. The summed E-state index contributed by atoms with van der Waals surface area (Å²) >= 11 is 6.27. The normalized spacial score (nSPS) is 16.0. The van der Waals surface area contributed by atoms with Gasteiger partial charge in [-0.05, 0) is 42.7 Å². The summed E-state index contributed by atoms with van der Waals surface area (Å²) in [5.74, 6) is -0.358. The lowest BCUT2D eigenvalue weighted by Gasteiger charge is -2.32. The number of nitrogens with one attached hydrogen (secondary N) is 1. The summed E-state index contributed by atoms with van der Waals surface area (Å²) in [7, 11) is 0. The first kappa shape index (κ1) is 18.4. The monoisotopic (exact) mass is 372 g/mol. The largest absolute Gasteiger partial charge is 0.478 e. The number of pyridine rings is 2. The molecule has 3 rings (SSSR count). The maximum Gasteiger partial charge on any atom is 0.328 e. The van der Waals surface area contributed by atoms with Crippen molar-refractivity contribution in [2.45, 2.75) is 25.4 Å². The van der Waals surface area contributed by atoms with Crippen LogP contribution in [0.5, 0.6) is 0 Å². The second-order valence-corrected chi connectivity index (χ2v) is 6.69. The minimum atomic E-state index is -0.999. The fourth-order valence-electron chi connectivity index (χ4n) is 2.97. The van der Waals surface area contributed by atoms with Gasteiger partial charge in [0, 0.05) is 44.1 Å². The van der Waals surface area contributed by atoms with Gasteiger partial charge in [0.25, 0.3) is 0 Å². The van der Waals surface area contributed by atoms with Gasteiger partial charge in [-0.15, -0.1) is 0 Å². The third-order valence-electron chi connectivity index (χ3n) is 4.32. The number of likely N-dealkylation sites (tertiary alicyclic amines) is 1. The van der Waals surface area contributed by atoms with Crippen LogP contribution in [0, 0.1) is 0 Å². The van der Waals surface area contributed by atoms with E-state index >= 15 is 0 Å². The zero-order valence-corrected chi connectivity index (χ0v) is 15.1. The smallest absolute Gasteiger partial charge is 0.328 e. The van der Waals surface area contributed by atoms with Crippen LogP contribution in [0.2, 0.25) is 5.02 Å². The molecule has 2 aromatic rings. The number of hydrogen-bond acceptors (Lipinski definition) is 5. The highest BCUT2D eigenvalue weighted by atomic mass is 35.5. The Morgan fingerprint density at radius 2 is 2.15 bits per heavy atom. The number of piperidine rings is 1. The maximum atomic E-state index is 10.6. The number of carboxylic acids is 1. The third-order valence-corrected chi connectivity index (χ3v) is 4.61. The molecule has 136 valence electrons. The van der Waals surface area contributed by atoms with Crippen LogP contribution < -0.4 is 5.32 Å². The highest BCUT2D eigenvalue weighted by molar-refractivity contribution is 6.33. The molecular weight excluding hydrogens is 352 g/mol. The molecule has 1 aliphatic rings. The second-order valence-electron chi connectivity index (χ2n) is 6.29. The highest BCUT2D eigenvalue weighted by Crippen LogP contribution is 2.24. The van der Waals surface area contributed by atoms with Gasteiger partial charge in [-0.1, -0.05) is 17.7 Å². The molecule has 1 aliphatic heterocycles. The fourth-order valence-corrected chi connectivity index (χ4v) is 3.20. The zero-order chi connectivity index (χ0) is 18.4. The highest BCUT2D eigenvalue weighted by Gasteiger charge is 2.20. The van der Waals surface area contributed by atoms with Crippen LogP contribution in [-0.2, 0) is 11.3 Å². The molecule has 0 aromatic carbocycles. The quantitative estimate of drug-likeness (QED) is 0.757. The number of hydrogen-bond donors (Lipinski definition) is 2. The van der Waals surface area contributed by atoms with E-state index in [1.807, 2.05) is 24.4 Å². The molecule has 0 radical (unpaired) electrons. The number of halogens is 1. The van der Waals surface area contributed by atoms with Gasteiger partial charge in [0.15, 0.2) is 0 Å². The van der Waals surface area contributed by atoms with Crippen LogP contribution in [0.1, 0.15) is 24.1 Å². The van der Waals surface area contributed by atoms with Crippen molar-refractivity contribution in [3.8, 4) is 0 Å². The van der Waals surface area contributed by atoms with E-state index in [9.17, 15) is 4.79 Å². The lowest BCUT2D eigenvalue weighted by Crippen LogP contribution is -2.39. The fraction of sp³-hybridized carbons (Fsp3) is 0.316. The van der Waals surface area contributed by atoms with Crippen molar-refractivity contribution in [2.75, 3.05) is 18.4 Å². The molecule has 0 aliphatic carbocycles. The summed E-state index contributed by atoms with van der Waals surface area (Å²) in [5, 5.41) is 12.6. The third kappa shape index (κ3) is 5.28. The van der Waals surface area contributed by atoms with Crippen LogP contribution >= 0.6 is 11.6 Å². The predicted octanol–water partition coefficient (Wildman–Crippen LogP) is 3.30. The molecule has 3 heterocycles. The summed E-state index contributed by atoms with van der Waals surface area (Å²) in [6, 6.07) is 8.03. The molecule has 2 aromatic heterocycles. The van der Waals surface area contributed by atoms with Crippen molar-refractivity contribution in [1.82, 2.24) is 14.9 Å². The molecule has 0 atom stereocenters. The Kier molecular flexibility index (Phi) is 6.20. The minimum absolute atomic E-state index is 0.320. The molecule has 26 heavy (non-hydrogen) atoms. The number of aliphatic carboxylic acids is 1. The van der Waals surface area contributed by atoms with Gasteiger partial charge in [0.05, 0.1) is 10.7 Å². The average molecular weight is 373 g/mol. The summed E-state index contributed by atoms with van der Waals surface area (Å²) in [6.45, 7) is 2.85. The van der Waals surface area contributed by atoms with Crippen molar-refractivity contribution in [2.24, 2.45) is 0 Å². The summed E-state index contributed by atoms with van der Waals surface area (Å²) < 4.78 is 0. The summed E-state index contributed by atoms with van der Waals surface area (Å²) in [5.41, 5.74) is 1.75. The lowest BCUT2D eigenvalue weighted by molar-refractivity contribution is -0.131. The van der Waals surface area contributed by atoms with Gasteiger partial charge in [0.2, 0.25) is 0 Å². The molecule has 0 saturated carbocycles. The predicted molar refractivity (Wildman–Crippen MR) is 102 cm³/mol. The van der Waals surface area contributed by atoms with E-state index in [0.717, 1.165) is 44.2 Å². The first-order valence-corrected chi connectivity index (χ1v) is 8.93. The van der Waals surface area contributed by atoms with E-state index in [1.165, 1.54) is 6.08 Å². The standard InChI is InChI=1S/C19H21ClN4O2/c20-17-11-14(4-5-18(25)26)12-22-19(17)23-15-6-9-24(10-7-15)13-16-3-1-2-8-21-16/h1-5,8,11-12,15H,6-7,9-10,13H2,(H,22,23)(H,25,26). The van der Waals surface area contributed by atoms with E-state index < -0.39 is 5.97 Å². The van der Waals surface area contributed by atoms with Crippen molar-refractivity contribution in [1.29, 1.82) is 0 Å². The van der Waals surface area contributed by atoms with Gasteiger partial charge in [-0.3, -0.25) is 9.88 Å². The van der Waals surface area contributed by atoms with Gasteiger partial charge in [-0.25, -0.2) is 9.78 Å². The van der Waals surface area contributed by atoms with Gasteiger partial charge < -0.3 is 10.4 Å². The molecular formula is C19H21ClN4O2. The number of carbonyl (C=O) groups is 1. The molecule has 1 fully saturated rings. The van der Waals surface area contributed by atoms with E-state index in [2.05, 4.69) is 20.2 Å². The minimum Gasteiger partial charge on any atom is -0.478 e. The van der Waals surface area contributed by atoms with Crippen LogP contribution in [0.25, 0.3) is 6.08 Å². The van der Waals surface area contributed by atoms with Crippen LogP contribution in [0.15, 0.2) is 42.7 Å².